The van der Waals surface area contributed by atoms with Crippen LogP contribution in [0.3, 0.4) is 0 Å². The van der Waals surface area contributed by atoms with Crippen molar-refractivity contribution in [2.24, 2.45) is 0 Å². The minimum absolute atomic E-state index is 0.112. The third-order valence-electron chi connectivity index (χ3n) is 3.07. The lowest BCUT2D eigenvalue weighted by molar-refractivity contribution is -0.384. The third-order valence-corrected chi connectivity index (χ3v) is 3.95. The second kappa shape index (κ2) is 5.41. The first-order valence-electron chi connectivity index (χ1n) is 6.27. The van der Waals surface area contributed by atoms with Crippen molar-refractivity contribution in [2.75, 3.05) is 11.5 Å². The van der Waals surface area contributed by atoms with Crippen molar-refractivity contribution in [1.82, 2.24) is 9.97 Å². The second-order valence-corrected chi connectivity index (χ2v) is 5.44. The van der Waals surface area contributed by atoms with Crippen LogP contribution >= 0.6 is 11.3 Å². The SMILES string of the molecule is Nc1cc(-c2cc([N+](=O)[O-])c(N)nc2-c2cccs2)ccn1. The van der Waals surface area contributed by atoms with Crippen LogP contribution in [0, 0.1) is 10.1 Å². The van der Waals surface area contributed by atoms with Crippen molar-refractivity contribution in [2.45, 2.75) is 0 Å². The summed E-state index contributed by atoms with van der Waals surface area (Å²) in [6, 6.07) is 8.56. The molecule has 0 unspecified atom stereocenters. The quantitative estimate of drug-likeness (QED) is 0.566. The Morgan fingerprint density at radius 1 is 1.23 bits per heavy atom. The number of anilines is 2. The van der Waals surface area contributed by atoms with Gasteiger partial charge in [-0.2, -0.15) is 0 Å². The molecule has 3 heterocycles. The van der Waals surface area contributed by atoms with Crippen LogP contribution in [0.25, 0.3) is 21.7 Å². The number of nitrogens with zero attached hydrogens (tertiary/aromatic N) is 3. The van der Waals surface area contributed by atoms with E-state index in [-0.39, 0.29) is 11.5 Å². The number of nitro groups is 1. The molecule has 22 heavy (non-hydrogen) atoms. The fraction of sp³-hybridized carbons (Fsp3) is 0. The van der Waals surface area contributed by atoms with Crippen molar-refractivity contribution >= 4 is 28.7 Å². The van der Waals surface area contributed by atoms with Crippen LogP contribution in [0.5, 0.6) is 0 Å². The Balaban J connectivity index is 2.30. The van der Waals surface area contributed by atoms with Crippen LogP contribution in [0.2, 0.25) is 0 Å². The van der Waals surface area contributed by atoms with Crippen LogP contribution < -0.4 is 11.5 Å². The van der Waals surface area contributed by atoms with E-state index in [1.807, 2.05) is 17.5 Å². The molecule has 0 radical (unpaired) electrons. The summed E-state index contributed by atoms with van der Waals surface area (Å²) in [6.07, 6.45) is 1.55. The number of nitrogens with two attached hydrogens (primary N) is 2. The van der Waals surface area contributed by atoms with Crippen molar-refractivity contribution < 1.29 is 4.92 Å². The van der Waals surface area contributed by atoms with Gasteiger partial charge in [0, 0.05) is 17.8 Å². The summed E-state index contributed by atoms with van der Waals surface area (Å²) in [5, 5.41) is 13.0. The average molecular weight is 313 g/mol. The van der Waals surface area contributed by atoms with Crippen molar-refractivity contribution in [1.29, 1.82) is 0 Å². The monoisotopic (exact) mass is 313 g/mol. The predicted octanol–water partition coefficient (Wildman–Crippen LogP) is 2.94. The summed E-state index contributed by atoms with van der Waals surface area (Å²) >= 11 is 1.48. The van der Waals surface area contributed by atoms with Crippen LogP contribution in [0.15, 0.2) is 41.9 Å². The Bertz CT molecular complexity index is 848. The molecule has 0 aliphatic rings. The molecule has 3 aromatic heterocycles. The maximum absolute atomic E-state index is 11.1. The van der Waals surface area contributed by atoms with Gasteiger partial charge in [-0.3, -0.25) is 10.1 Å². The summed E-state index contributed by atoms with van der Waals surface area (Å²) in [7, 11) is 0. The van der Waals surface area contributed by atoms with E-state index in [9.17, 15) is 10.1 Å². The number of rotatable bonds is 3. The zero-order valence-electron chi connectivity index (χ0n) is 11.3. The largest absolute Gasteiger partial charge is 0.384 e. The number of pyridine rings is 2. The first kappa shape index (κ1) is 14.0. The number of hydrogen-bond acceptors (Lipinski definition) is 7. The van der Waals surface area contributed by atoms with E-state index in [4.69, 9.17) is 11.5 Å². The minimum Gasteiger partial charge on any atom is -0.384 e. The molecule has 8 heteroatoms. The van der Waals surface area contributed by atoms with Gasteiger partial charge in [0.25, 0.3) is 0 Å². The van der Waals surface area contributed by atoms with Gasteiger partial charge < -0.3 is 11.5 Å². The average Bonchev–Trinajstić information content (AvgIpc) is 3.00. The van der Waals surface area contributed by atoms with Gasteiger partial charge in [0.05, 0.1) is 15.5 Å². The lowest BCUT2D eigenvalue weighted by Crippen LogP contribution is -2.01. The van der Waals surface area contributed by atoms with Crippen LogP contribution in [-0.2, 0) is 0 Å². The zero-order chi connectivity index (χ0) is 15.7. The summed E-state index contributed by atoms with van der Waals surface area (Å²) in [6.45, 7) is 0. The molecular formula is C14H11N5O2S. The highest BCUT2D eigenvalue weighted by atomic mass is 32.1. The molecule has 3 aromatic rings. The molecule has 0 spiro atoms. The maximum Gasteiger partial charge on any atom is 0.311 e. The fourth-order valence-electron chi connectivity index (χ4n) is 2.10. The first-order valence-corrected chi connectivity index (χ1v) is 7.15. The Morgan fingerprint density at radius 2 is 2.05 bits per heavy atom. The van der Waals surface area contributed by atoms with Gasteiger partial charge in [-0.15, -0.1) is 11.3 Å². The summed E-state index contributed by atoms with van der Waals surface area (Å²) in [5.41, 5.74) is 13.1. The lowest BCUT2D eigenvalue weighted by Gasteiger charge is -2.09. The Labute approximate surface area is 129 Å². The molecule has 0 bridgehead atoms. The molecule has 0 aromatic carbocycles. The van der Waals surface area contributed by atoms with Gasteiger partial charge in [0.2, 0.25) is 5.82 Å². The summed E-state index contributed by atoms with van der Waals surface area (Å²) in [5.74, 6) is 0.216. The Morgan fingerprint density at radius 3 is 2.68 bits per heavy atom. The molecule has 7 nitrogen and oxygen atoms in total. The van der Waals surface area contributed by atoms with Gasteiger partial charge in [0.15, 0.2) is 0 Å². The molecule has 0 amide bonds. The normalized spacial score (nSPS) is 10.5. The van der Waals surface area contributed by atoms with Gasteiger partial charge in [-0.1, -0.05) is 6.07 Å². The predicted molar refractivity (Wildman–Crippen MR) is 86.3 cm³/mol. The van der Waals surface area contributed by atoms with Crippen molar-refractivity contribution in [3.05, 3.63) is 52.0 Å². The molecular weight excluding hydrogens is 302 g/mol. The van der Waals surface area contributed by atoms with E-state index in [1.165, 1.54) is 17.4 Å². The topological polar surface area (TPSA) is 121 Å². The Kier molecular flexibility index (Phi) is 3.43. The summed E-state index contributed by atoms with van der Waals surface area (Å²) < 4.78 is 0. The first-order chi connectivity index (χ1) is 10.6. The standard InChI is InChI=1S/C14H11N5O2S/c15-12-6-8(3-4-17-12)9-7-10(19(20)21)14(16)18-13(9)11-2-1-5-22-11/h1-7H,(H2,15,17)(H2,16,18). The molecule has 0 aliphatic carbocycles. The zero-order valence-corrected chi connectivity index (χ0v) is 12.1. The molecule has 0 atom stereocenters. The van der Waals surface area contributed by atoms with Gasteiger partial charge in [0.1, 0.15) is 5.82 Å². The van der Waals surface area contributed by atoms with E-state index in [0.29, 0.717) is 22.6 Å². The van der Waals surface area contributed by atoms with Crippen LogP contribution in [0.4, 0.5) is 17.3 Å². The highest BCUT2D eigenvalue weighted by molar-refractivity contribution is 7.13. The van der Waals surface area contributed by atoms with Crippen molar-refractivity contribution in [3.8, 4) is 21.7 Å². The highest BCUT2D eigenvalue weighted by Gasteiger charge is 2.20. The summed E-state index contributed by atoms with van der Waals surface area (Å²) in [4.78, 5) is 19.6. The lowest BCUT2D eigenvalue weighted by atomic mass is 10.0. The van der Waals surface area contributed by atoms with Gasteiger partial charge in [-0.05, 0) is 29.1 Å². The van der Waals surface area contributed by atoms with E-state index in [0.717, 1.165) is 4.88 Å². The number of hydrogen-bond donors (Lipinski definition) is 2. The molecule has 0 saturated heterocycles. The molecule has 4 N–H and O–H groups in total. The van der Waals surface area contributed by atoms with Gasteiger partial charge >= 0.3 is 5.69 Å². The van der Waals surface area contributed by atoms with Crippen LogP contribution in [0.1, 0.15) is 0 Å². The smallest absolute Gasteiger partial charge is 0.311 e. The van der Waals surface area contributed by atoms with Crippen molar-refractivity contribution in [3.63, 3.8) is 0 Å². The highest BCUT2D eigenvalue weighted by Crippen LogP contribution is 2.37. The van der Waals surface area contributed by atoms with E-state index < -0.39 is 4.92 Å². The molecule has 110 valence electrons. The van der Waals surface area contributed by atoms with Gasteiger partial charge in [-0.25, -0.2) is 9.97 Å². The third kappa shape index (κ3) is 2.47. The van der Waals surface area contributed by atoms with E-state index >= 15 is 0 Å². The molecule has 0 aliphatic heterocycles. The Hall–Kier alpha value is -3.00. The fourth-order valence-corrected chi connectivity index (χ4v) is 2.83. The molecule has 0 saturated carbocycles. The molecule has 0 fully saturated rings. The number of nitrogen functional groups attached to an aromatic ring is 2. The molecule has 3 rings (SSSR count). The number of thiophene rings is 1. The maximum atomic E-state index is 11.1. The number of aromatic nitrogens is 2. The van der Waals surface area contributed by atoms with E-state index in [2.05, 4.69) is 9.97 Å². The van der Waals surface area contributed by atoms with Crippen LogP contribution in [-0.4, -0.2) is 14.9 Å². The second-order valence-electron chi connectivity index (χ2n) is 4.49. The van der Waals surface area contributed by atoms with E-state index in [1.54, 1.807) is 18.3 Å². The minimum atomic E-state index is -0.547.